The van der Waals surface area contributed by atoms with Gasteiger partial charge in [-0.15, -0.1) is 0 Å². The SMILES string of the molecule is COC(=O)CNC(=O)c1ccc(CN2C(=O)[C@H](C)C=Cc3ccccc32)cc1. The number of nitrogens with one attached hydrogen (secondary N) is 1. The van der Waals surface area contributed by atoms with Crippen molar-refractivity contribution < 1.29 is 19.1 Å². The van der Waals surface area contributed by atoms with Gasteiger partial charge in [0.15, 0.2) is 0 Å². The van der Waals surface area contributed by atoms with Crippen molar-refractivity contribution in [3.8, 4) is 0 Å². The van der Waals surface area contributed by atoms with Gasteiger partial charge in [0.25, 0.3) is 5.91 Å². The number of methoxy groups -OCH3 is 1. The van der Waals surface area contributed by atoms with Crippen LogP contribution in [0.15, 0.2) is 54.6 Å². The third kappa shape index (κ3) is 4.28. The molecule has 2 aromatic carbocycles. The Kier molecular flexibility index (Phi) is 5.89. The molecule has 28 heavy (non-hydrogen) atoms. The van der Waals surface area contributed by atoms with Crippen LogP contribution in [0.5, 0.6) is 0 Å². The number of carbonyl (C=O) groups is 3. The van der Waals surface area contributed by atoms with Crippen LogP contribution in [0.1, 0.15) is 28.4 Å². The van der Waals surface area contributed by atoms with E-state index in [1.165, 1.54) is 7.11 Å². The van der Waals surface area contributed by atoms with Gasteiger partial charge >= 0.3 is 5.97 Å². The van der Waals surface area contributed by atoms with Crippen molar-refractivity contribution in [2.75, 3.05) is 18.6 Å². The molecule has 0 saturated carbocycles. The van der Waals surface area contributed by atoms with Crippen molar-refractivity contribution in [1.29, 1.82) is 0 Å². The van der Waals surface area contributed by atoms with E-state index in [0.717, 1.165) is 16.8 Å². The highest BCUT2D eigenvalue weighted by Crippen LogP contribution is 2.29. The monoisotopic (exact) mass is 378 g/mol. The first kappa shape index (κ1) is 19.4. The lowest BCUT2D eigenvalue weighted by Gasteiger charge is -2.25. The van der Waals surface area contributed by atoms with Gasteiger partial charge in [0.2, 0.25) is 5.91 Å². The number of carbonyl (C=O) groups excluding carboxylic acids is 3. The van der Waals surface area contributed by atoms with Crippen LogP contribution in [0.4, 0.5) is 5.69 Å². The van der Waals surface area contributed by atoms with Gasteiger partial charge in [0.05, 0.1) is 25.3 Å². The molecule has 1 N–H and O–H groups in total. The van der Waals surface area contributed by atoms with Crippen molar-refractivity contribution in [2.45, 2.75) is 13.5 Å². The van der Waals surface area contributed by atoms with Crippen LogP contribution in [0.3, 0.4) is 0 Å². The third-order valence-corrected chi connectivity index (χ3v) is 4.63. The van der Waals surface area contributed by atoms with E-state index < -0.39 is 5.97 Å². The number of nitrogens with zero attached hydrogens (tertiary/aromatic N) is 1. The van der Waals surface area contributed by atoms with E-state index in [0.29, 0.717) is 12.1 Å². The molecule has 0 spiro atoms. The number of rotatable bonds is 5. The highest BCUT2D eigenvalue weighted by Gasteiger charge is 2.24. The number of anilines is 1. The summed E-state index contributed by atoms with van der Waals surface area (Å²) < 4.78 is 4.50. The smallest absolute Gasteiger partial charge is 0.325 e. The number of hydrogen-bond acceptors (Lipinski definition) is 4. The Bertz CT molecular complexity index is 918. The highest BCUT2D eigenvalue weighted by atomic mass is 16.5. The summed E-state index contributed by atoms with van der Waals surface area (Å²) in [4.78, 5) is 37.8. The number of amides is 2. The summed E-state index contributed by atoms with van der Waals surface area (Å²) in [6.45, 7) is 2.11. The number of hydrogen-bond donors (Lipinski definition) is 1. The Morgan fingerprint density at radius 2 is 1.82 bits per heavy atom. The molecule has 3 rings (SSSR count). The standard InChI is InChI=1S/C22H22N2O4/c1-15-7-10-17-5-3-4-6-19(17)24(22(15)27)14-16-8-11-18(12-9-16)21(26)23-13-20(25)28-2/h3-12,15H,13-14H2,1-2H3,(H,23,26)/t15-/m1/s1. The van der Waals surface area contributed by atoms with Crippen LogP contribution in [0, 0.1) is 5.92 Å². The van der Waals surface area contributed by atoms with E-state index in [-0.39, 0.29) is 24.3 Å². The lowest BCUT2D eigenvalue weighted by Crippen LogP contribution is -2.33. The summed E-state index contributed by atoms with van der Waals surface area (Å²) in [7, 11) is 1.27. The van der Waals surface area contributed by atoms with Gasteiger partial charge < -0.3 is 15.0 Å². The van der Waals surface area contributed by atoms with Crippen molar-refractivity contribution in [2.24, 2.45) is 5.92 Å². The fourth-order valence-corrected chi connectivity index (χ4v) is 3.00. The summed E-state index contributed by atoms with van der Waals surface area (Å²) in [5, 5.41) is 2.50. The minimum Gasteiger partial charge on any atom is -0.468 e. The Balaban J connectivity index is 1.75. The number of benzene rings is 2. The molecule has 0 bridgehead atoms. The quantitative estimate of drug-likeness (QED) is 0.812. The minimum absolute atomic E-state index is 0.0288. The van der Waals surface area contributed by atoms with Gasteiger partial charge in [0.1, 0.15) is 6.54 Å². The maximum absolute atomic E-state index is 12.8. The molecule has 1 heterocycles. The van der Waals surface area contributed by atoms with E-state index >= 15 is 0 Å². The molecule has 6 nitrogen and oxygen atoms in total. The zero-order chi connectivity index (χ0) is 20.1. The van der Waals surface area contributed by atoms with Gasteiger partial charge in [-0.3, -0.25) is 14.4 Å². The van der Waals surface area contributed by atoms with E-state index in [2.05, 4.69) is 10.1 Å². The van der Waals surface area contributed by atoms with Crippen LogP contribution >= 0.6 is 0 Å². The van der Waals surface area contributed by atoms with Crippen LogP contribution < -0.4 is 10.2 Å². The zero-order valence-electron chi connectivity index (χ0n) is 15.8. The summed E-state index contributed by atoms with van der Waals surface area (Å²) in [6, 6.07) is 14.8. The third-order valence-electron chi connectivity index (χ3n) is 4.63. The molecule has 1 aliphatic rings. The molecule has 144 valence electrons. The average Bonchev–Trinajstić information content (AvgIpc) is 2.84. The number of esters is 1. The molecule has 0 fully saturated rings. The first-order valence-corrected chi connectivity index (χ1v) is 9.02. The molecule has 0 aliphatic carbocycles. The molecule has 0 saturated heterocycles. The largest absolute Gasteiger partial charge is 0.468 e. The number of ether oxygens (including phenoxy) is 1. The molecular weight excluding hydrogens is 356 g/mol. The van der Waals surface area contributed by atoms with E-state index in [4.69, 9.17) is 0 Å². The average molecular weight is 378 g/mol. The normalized spacial score (nSPS) is 15.6. The van der Waals surface area contributed by atoms with Gasteiger partial charge in [-0.05, 0) is 29.3 Å². The van der Waals surface area contributed by atoms with Crippen LogP contribution in [0.2, 0.25) is 0 Å². The first-order chi connectivity index (χ1) is 13.5. The fourth-order valence-electron chi connectivity index (χ4n) is 3.00. The van der Waals surface area contributed by atoms with Gasteiger partial charge in [-0.25, -0.2) is 0 Å². The first-order valence-electron chi connectivity index (χ1n) is 9.02. The molecular formula is C22H22N2O4. The van der Waals surface area contributed by atoms with Gasteiger partial charge in [-0.2, -0.15) is 0 Å². The molecule has 0 unspecified atom stereocenters. The Morgan fingerprint density at radius 3 is 2.54 bits per heavy atom. The van der Waals surface area contributed by atoms with E-state index in [9.17, 15) is 14.4 Å². The fraction of sp³-hybridized carbons (Fsp3) is 0.227. The van der Waals surface area contributed by atoms with Crippen LogP contribution in [0.25, 0.3) is 6.08 Å². The predicted octanol–water partition coefficient (Wildman–Crippen LogP) is 2.79. The van der Waals surface area contributed by atoms with Crippen molar-refractivity contribution >= 4 is 29.5 Å². The van der Waals surface area contributed by atoms with Crippen molar-refractivity contribution in [1.82, 2.24) is 5.32 Å². The molecule has 0 aromatic heterocycles. The summed E-state index contributed by atoms with van der Waals surface area (Å²) in [5.41, 5.74) is 3.21. The lowest BCUT2D eigenvalue weighted by atomic mass is 10.1. The Hall–Kier alpha value is -3.41. The highest BCUT2D eigenvalue weighted by molar-refractivity contribution is 6.00. The maximum atomic E-state index is 12.8. The molecule has 2 aromatic rings. The van der Waals surface area contributed by atoms with Crippen LogP contribution in [-0.2, 0) is 20.9 Å². The second-order valence-corrected chi connectivity index (χ2v) is 6.59. The van der Waals surface area contributed by atoms with Gasteiger partial charge in [-0.1, -0.05) is 49.4 Å². The Labute approximate surface area is 163 Å². The maximum Gasteiger partial charge on any atom is 0.325 e. The van der Waals surface area contributed by atoms with E-state index in [1.54, 1.807) is 17.0 Å². The number of fused-ring (bicyclic) bond motifs is 1. The van der Waals surface area contributed by atoms with Gasteiger partial charge in [0, 0.05) is 5.56 Å². The minimum atomic E-state index is -0.508. The Morgan fingerprint density at radius 1 is 1.11 bits per heavy atom. The second-order valence-electron chi connectivity index (χ2n) is 6.59. The van der Waals surface area contributed by atoms with Crippen LogP contribution in [-0.4, -0.2) is 31.4 Å². The molecule has 2 amide bonds. The lowest BCUT2D eigenvalue weighted by molar-refractivity contribution is -0.139. The van der Waals surface area contributed by atoms with Crippen molar-refractivity contribution in [3.05, 3.63) is 71.3 Å². The second kappa shape index (κ2) is 8.52. The summed E-state index contributed by atoms with van der Waals surface area (Å²) >= 11 is 0. The summed E-state index contributed by atoms with van der Waals surface area (Å²) in [6.07, 6.45) is 3.89. The molecule has 6 heteroatoms. The topological polar surface area (TPSA) is 75.7 Å². The van der Waals surface area contributed by atoms with E-state index in [1.807, 2.05) is 55.5 Å². The number of para-hydroxylation sites is 1. The summed E-state index contributed by atoms with van der Waals surface area (Å²) in [5.74, 6) is -1.05. The van der Waals surface area contributed by atoms with Crippen molar-refractivity contribution in [3.63, 3.8) is 0 Å². The molecule has 1 aliphatic heterocycles. The zero-order valence-corrected chi connectivity index (χ0v) is 15.8. The molecule has 1 atom stereocenters. The predicted molar refractivity (Wildman–Crippen MR) is 107 cm³/mol. The molecule has 0 radical (unpaired) electrons.